The van der Waals surface area contributed by atoms with Gasteiger partial charge >= 0.3 is 0 Å². The largest absolute Gasteiger partial charge is 0.396 e. The number of aliphatic hydroxyl groups is 1. The Balaban J connectivity index is 2.25. The summed E-state index contributed by atoms with van der Waals surface area (Å²) in [7, 11) is 0. The monoisotopic (exact) mass is 262 g/mol. The van der Waals surface area contributed by atoms with Crippen molar-refractivity contribution in [1.82, 2.24) is 5.32 Å². The topological polar surface area (TPSA) is 35.5 Å². The van der Waals surface area contributed by atoms with Crippen LogP contribution in [0.5, 0.6) is 0 Å². The second kappa shape index (κ2) is 6.92. The molecule has 0 saturated carbocycles. The fourth-order valence-electron chi connectivity index (χ4n) is 2.91. The van der Waals surface area contributed by atoms with Crippen molar-refractivity contribution in [2.45, 2.75) is 32.7 Å². The maximum atomic E-state index is 9.28. The molecule has 0 aromatic heterocycles. The third kappa shape index (κ3) is 3.48. The van der Waals surface area contributed by atoms with Crippen LogP contribution in [0.1, 0.15) is 38.3 Å². The molecule has 0 bridgehead atoms. The van der Waals surface area contributed by atoms with Crippen LogP contribution in [0.15, 0.2) is 24.3 Å². The summed E-state index contributed by atoms with van der Waals surface area (Å²) in [6.07, 6.45) is 2.39. The van der Waals surface area contributed by atoms with E-state index in [1.165, 1.54) is 24.1 Å². The minimum atomic E-state index is 0.259. The summed E-state index contributed by atoms with van der Waals surface area (Å²) in [4.78, 5) is 2.44. The molecule has 1 aliphatic rings. The van der Waals surface area contributed by atoms with E-state index in [0.29, 0.717) is 12.0 Å². The lowest BCUT2D eigenvalue weighted by Crippen LogP contribution is -2.30. The number of fused-ring (bicyclic) bond motifs is 1. The van der Waals surface area contributed by atoms with Gasteiger partial charge in [0.1, 0.15) is 0 Å². The summed E-state index contributed by atoms with van der Waals surface area (Å²) in [5, 5.41) is 12.9. The third-order valence-electron chi connectivity index (χ3n) is 3.87. The van der Waals surface area contributed by atoms with E-state index >= 15 is 0 Å². The van der Waals surface area contributed by atoms with Crippen LogP contribution in [-0.4, -0.2) is 31.3 Å². The van der Waals surface area contributed by atoms with E-state index in [1.54, 1.807) is 0 Å². The molecule has 106 valence electrons. The van der Waals surface area contributed by atoms with E-state index in [1.807, 2.05) is 0 Å². The first-order valence-electron chi connectivity index (χ1n) is 7.44. The van der Waals surface area contributed by atoms with E-state index in [2.05, 4.69) is 48.3 Å². The standard InChI is InChI=1S/C16H26N2O/c1-3-17-15-8-6-10-18(11-13(2)12-19)16-9-5-4-7-14(15)16/h4-5,7,9,13,15,17,19H,3,6,8,10-12H2,1-2H3. The summed E-state index contributed by atoms with van der Waals surface area (Å²) in [5.41, 5.74) is 2.75. The van der Waals surface area contributed by atoms with Crippen LogP contribution in [-0.2, 0) is 0 Å². The molecule has 3 nitrogen and oxygen atoms in total. The maximum absolute atomic E-state index is 9.28. The molecule has 0 radical (unpaired) electrons. The van der Waals surface area contributed by atoms with Crippen molar-refractivity contribution in [3.8, 4) is 0 Å². The minimum Gasteiger partial charge on any atom is -0.396 e. The van der Waals surface area contributed by atoms with Crippen LogP contribution >= 0.6 is 0 Å². The van der Waals surface area contributed by atoms with Crippen molar-refractivity contribution >= 4 is 5.69 Å². The van der Waals surface area contributed by atoms with Crippen LogP contribution in [0.25, 0.3) is 0 Å². The van der Waals surface area contributed by atoms with Gasteiger partial charge in [0.15, 0.2) is 0 Å². The molecule has 1 aromatic carbocycles. The van der Waals surface area contributed by atoms with Gasteiger partial charge in [0.05, 0.1) is 0 Å². The van der Waals surface area contributed by atoms with Gasteiger partial charge in [0, 0.05) is 31.4 Å². The highest BCUT2D eigenvalue weighted by molar-refractivity contribution is 5.55. The Morgan fingerprint density at radius 1 is 1.42 bits per heavy atom. The lowest BCUT2D eigenvalue weighted by molar-refractivity contribution is 0.239. The van der Waals surface area contributed by atoms with Crippen LogP contribution in [0.4, 0.5) is 5.69 Å². The summed E-state index contributed by atoms with van der Waals surface area (Å²) in [6.45, 7) is 7.56. The molecule has 2 rings (SSSR count). The minimum absolute atomic E-state index is 0.259. The quantitative estimate of drug-likeness (QED) is 0.856. The number of nitrogens with zero attached hydrogens (tertiary/aromatic N) is 1. The molecule has 1 heterocycles. The summed E-state index contributed by atoms with van der Waals surface area (Å²) < 4.78 is 0. The van der Waals surface area contributed by atoms with Crippen molar-refractivity contribution in [3.63, 3.8) is 0 Å². The fraction of sp³-hybridized carbons (Fsp3) is 0.625. The van der Waals surface area contributed by atoms with Crippen LogP contribution in [0, 0.1) is 5.92 Å². The van der Waals surface area contributed by atoms with Crippen LogP contribution < -0.4 is 10.2 Å². The number of rotatable bonds is 5. The predicted octanol–water partition coefficient (Wildman–Crippen LogP) is 2.57. The second-order valence-corrected chi connectivity index (χ2v) is 5.55. The molecule has 0 fully saturated rings. The summed E-state index contributed by atoms with van der Waals surface area (Å²) in [6, 6.07) is 9.17. The molecule has 0 spiro atoms. The van der Waals surface area contributed by atoms with Crippen molar-refractivity contribution < 1.29 is 5.11 Å². The first kappa shape index (κ1) is 14.4. The van der Waals surface area contributed by atoms with Gasteiger partial charge in [-0.25, -0.2) is 0 Å². The fourth-order valence-corrected chi connectivity index (χ4v) is 2.91. The summed E-state index contributed by atoms with van der Waals surface area (Å²) in [5.74, 6) is 0.323. The van der Waals surface area contributed by atoms with Gasteiger partial charge < -0.3 is 15.3 Å². The molecule has 0 saturated heterocycles. The zero-order valence-electron chi connectivity index (χ0n) is 12.1. The zero-order valence-corrected chi connectivity index (χ0v) is 12.1. The molecule has 3 heteroatoms. The highest BCUT2D eigenvalue weighted by Gasteiger charge is 2.22. The van der Waals surface area contributed by atoms with E-state index in [4.69, 9.17) is 0 Å². The normalized spacial score (nSPS) is 20.8. The molecule has 0 amide bonds. The Kier molecular flexibility index (Phi) is 5.23. The van der Waals surface area contributed by atoms with Crippen molar-refractivity contribution in [2.24, 2.45) is 5.92 Å². The lowest BCUT2D eigenvalue weighted by atomic mass is 10.0. The second-order valence-electron chi connectivity index (χ2n) is 5.55. The van der Waals surface area contributed by atoms with Gasteiger partial charge in [-0.2, -0.15) is 0 Å². The van der Waals surface area contributed by atoms with E-state index in [-0.39, 0.29) is 6.61 Å². The Hall–Kier alpha value is -1.06. The van der Waals surface area contributed by atoms with E-state index in [9.17, 15) is 5.11 Å². The molecule has 0 aliphatic carbocycles. The van der Waals surface area contributed by atoms with Crippen LogP contribution in [0.2, 0.25) is 0 Å². The average molecular weight is 262 g/mol. The Morgan fingerprint density at radius 3 is 2.95 bits per heavy atom. The van der Waals surface area contributed by atoms with Crippen molar-refractivity contribution in [3.05, 3.63) is 29.8 Å². The third-order valence-corrected chi connectivity index (χ3v) is 3.87. The number of nitrogens with one attached hydrogen (secondary N) is 1. The molecule has 2 unspecified atom stereocenters. The smallest absolute Gasteiger partial charge is 0.0473 e. The first-order valence-corrected chi connectivity index (χ1v) is 7.44. The number of hydrogen-bond donors (Lipinski definition) is 2. The molecule has 19 heavy (non-hydrogen) atoms. The zero-order chi connectivity index (χ0) is 13.7. The average Bonchev–Trinajstić information content (AvgIpc) is 2.60. The van der Waals surface area contributed by atoms with E-state index < -0.39 is 0 Å². The first-order chi connectivity index (χ1) is 9.26. The SMILES string of the molecule is CCNC1CCCN(CC(C)CO)c2ccccc21. The highest BCUT2D eigenvalue weighted by atomic mass is 16.3. The maximum Gasteiger partial charge on any atom is 0.0473 e. The van der Waals surface area contributed by atoms with Gasteiger partial charge in [0.2, 0.25) is 0 Å². The number of anilines is 1. The van der Waals surface area contributed by atoms with Crippen molar-refractivity contribution in [1.29, 1.82) is 0 Å². The molecule has 2 N–H and O–H groups in total. The number of hydrogen-bond acceptors (Lipinski definition) is 3. The van der Waals surface area contributed by atoms with Gasteiger partial charge in [-0.05, 0) is 36.9 Å². The number of benzene rings is 1. The van der Waals surface area contributed by atoms with Gasteiger partial charge in [-0.1, -0.05) is 32.0 Å². The molecular weight excluding hydrogens is 236 g/mol. The molecule has 2 atom stereocenters. The Labute approximate surface area is 116 Å². The van der Waals surface area contributed by atoms with Crippen molar-refractivity contribution in [2.75, 3.05) is 31.1 Å². The number of aliphatic hydroxyl groups excluding tert-OH is 1. The lowest BCUT2D eigenvalue weighted by Gasteiger charge is -2.28. The predicted molar refractivity (Wildman–Crippen MR) is 80.6 cm³/mol. The highest BCUT2D eigenvalue weighted by Crippen LogP contribution is 2.33. The van der Waals surface area contributed by atoms with Crippen LogP contribution in [0.3, 0.4) is 0 Å². The summed E-state index contributed by atoms with van der Waals surface area (Å²) >= 11 is 0. The molecule has 1 aliphatic heterocycles. The number of para-hydroxylation sites is 1. The molecular formula is C16H26N2O. The van der Waals surface area contributed by atoms with Gasteiger partial charge in [0.25, 0.3) is 0 Å². The molecule has 1 aromatic rings. The van der Waals surface area contributed by atoms with E-state index in [0.717, 1.165) is 19.6 Å². The van der Waals surface area contributed by atoms with Gasteiger partial charge in [-0.15, -0.1) is 0 Å². The van der Waals surface area contributed by atoms with Gasteiger partial charge in [-0.3, -0.25) is 0 Å². The Bertz CT molecular complexity index is 394. The Morgan fingerprint density at radius 2 is 2.21 bits per heavy atom.